The molecule has 0 aliphatic heterocycles. The second kappa shape index (κ2) is 4.02. The van der Waals surface area contributed by atoms with Gasteiger partial charge in [-0.2, -0.15) is 0 Å². The van der Waals surface area contributed by atoms with Gasteiger partial charge in [0, 0.05) is 6.20 Å². The molecule has 0 fully saturated rings. The lowest BCUT2D eigenvalue weighted by atomic mass is 10.4. The molecule has 2 heterocycles. The molecule has 0 aliphatic carbocycles. The van der Waals surface area contributed by atoms with Crippen molar-refractivity contribution in [2.24, 2.45) is 0 Å². The summed E-state index contributed by atoms with van der Waals surface area (Å²) in [5, 5.41) is 1.56. The van der Waals surface area contributed by atoms with Crippen LogP contribution in [0.1, 0.15) is 6.92 Å². The molecule has 4 nitrogen and oxygen atoms in total. The third-order valence-electron chi connectivity index (χ3n) is 1.65. The number of thioether (sulfide) groups is 1. The summed E-state index contributed by atoms with van der Waals surface area (Å²) in [6, 6.07) is 0. The molecule has 1 N–H and O–H groups in total. The minimum Gasteiger partial charge on any atom is -0.330 e. The van der Waals surface area contributed by atoms with Crippen molar-refractivity contribution in [2.45, 2.75) is 12.1 Å². The van der Waals surface area contributed by atoms with Gasteiger partial charge in [0.05, 0.1) is 11.7 Å². The molecule has 0 aromatic carbocycles. The number of H-pyrrole nitrogens is 1. The van der Waals surface area contributed by atoms with Crippen LogP contribution in [0, 0.1) is 4.64 Å². The summed E-state index contributed by atoms with van der Waals surface area (Å²) in [4.78, 5) is 15.4. The zero-order valence-corrected chi connectivity index (χ0v) is 9.15. The molecule has 72 valence electrons. The summed E-state index contributed by atoms with van der Waals surface area (Å²) in [6.07, 6.45) is 3.27. The van der Waals surface area contributed by atoms with Gasteiger partial charge >= 0.3 is 0 Å². The molecule has 6 heteroatoms. The van der Waals surface area contributed by atoms with Crippen LogP contribution in [0.25, 0.3) is 11.0 Å². The zero-order valence-electron chi connectivity index (χ0n) is 7.52. The van der Waals surface area contributed by atoms with Crippen LogP contribution in [-0.2, 0) is 0 Å². The fraction of sp³-hybridized carbons (Fsp3) is 0.250. The van der Waals surface area contributed by atoms with Gasteiger partial charge in [-0.3, -0.25) is 0 Å². The van der Waals surface area contributed by atoms with Gasteiger partial charge in [0.1, 0.15) is 10.3 Å². The van der Waals surface area contributed by atoms with Gasteiger partial charge in [0.15, 0.2) is 5.16 Å². The van der Waals surface area contributed by atoms with E-state index in [1.54, 1.807) is 24.3 Å². The van der Waals surface area contributed by atoms with E-state index in [1.165, 1.54) is 0 Å². The predicted molar refractivity (Wildman–Crippen MR) is 58.9 cm³/mol. The van der Waals surface area contributed by atoms with Crippen LogP contribution in [0.4, 0.5) is 0 Å². The number of hydrogen-bond acceptors (Lipinski definition) is 5. The van der Waals surface area contributed by atoms with Gasteiger partial charge < -0.3 is 4.98 Å². The van der Waals surface area contributed by atoms with Crippen molar-refractivity contribution in [3.05, 3.63) is 17.2 Å². The highest BCUT2D eigenvalue weighted by atomic mass is 32.2. The Morgan fingerprint density at radius 1 is 1.50 bits per heavy atom. The highest BCUT2D eigenvalue weighted by molar-refractivity contribution is 7.99. The monoisotopic (exact) mass is 224 g/mol. The fourth-order valence-electron chi connectivity index (χ4n) is 1.05. The molecular formula is C8H8N4S2. The molecule has 0 unspecified atom stereocenters. The number of aromatic nitrogens is 4. The lowest BCUT2D eigenvalue weighted by Gasteiger charge is -1.99. The molecule has 0 radical (unpaired) electrons. The molecular weight excluding hydrogens is 216 g/mol. The molecule has 0 aliphatic rings. The standard InChI is InChI=1S/C8H8N4S2/c1-2-14-8-9-3-5-6(12-8)10-4-11-7(5)13/h3-4H,2H2,1H3,(H,9,10,11,12,13). The minimum atomic E-state index is 0.534. The van der Waals surface area contributed by atoms with Gasteiger partial charge in [0.2, 0.25) is 0 Å². The molecule has 0 bridgehead atoms. The van der Waals surface area contributed by atoms with Gasteiger partial charge in [-0.25, -0.2) is 15.0 Å². The Morgan fingerprint density at radius 3 is 3.14 bits per heavy atom. The average Bonchev–Trinajstić information content (AvgIpc) is 2.18. The van der Waals surface area contributed by atoms with Crippen LogP contribution >= 0.6 is 24.0 Å². The smallest absolute Gasteiger partial charge is 0.189 e. The summed E-state index contributed by atoms with van der Waals surface area (Å²) in [7, 11) is 0. The molecule has 0 spiro atoms. The summed E-state index contributed by atoms with van der Waals surface area (Å²) in [5.74, 6) is 0.956. The molecule has 0 amide bonds. The van der Waals surface area contributed by atoms with E-state index in [0.717, 1.165) is 21.9 Å². The number of nitrogens with zero attached hydrogens (tertiary/aromatic N) is 3. The fourth-order valence-corrected chi connectivity index (χ4v) is 1.80. The van der Waals surface area contributed by atoms with E-state index >= 15 is 0 Å². The van der Waals surface area contributed by atoms with E-state index in [2.05, 4.69) is 26.9 Å². The maximum atomic E-state index is 5.04. The Labute approximate surface area is 90.2 Å². The summed E-state index contributed by atoms with van der Waals surface area (Å²) < 4.78 is 0.534. The summed E-state index contributed by atoms with van der Waals surface area (Å²) in [5.41, 5.74) is 0.746. The first kappa shape index (κ1) is 9.54. The average molecular weight is 224 g/mol. The van der Waals surface area contributed by atoms with E-state index in [4.69, 9.17) is 12.2 Å². The first-order valence-electron chi connectivity index (χ1n) is 4.14. The number of hydrogen-bond donors (Lipinski definition) is 1. The van der Waals surface area contributed by atoms with Crippen molar-refractivity contribution in [1.82, 2.24) is 19.9 Å². The number of fused-ring (bicyclic) bond motifs is 1. The molecule has 0 atom stereocenters. The Balaban J connectivity index is 2.61. The molecule has 14 heavy (non-hydrogen) atoms. The van der Waals surface area contributed by atoms with Gasteiger partial charge in [-0.15, -0.1) is 0 Å². The third-order valence-corrected chi connectivity index (χ3v) is 2.72. The van der Waals surface area contributed by atoms with Crippen molar-refractivity contribution >= 4 is 35.0 Å². The van der Waals surface area contributed by atoms with Gasteiger partial charge in [0.25, 0.3) is 0 Å². The van der Waals surface area contributed by atoms with Crippen LogP contribution in [0.15, 0.2) is 17.7 Å². The maximum Gasteiger partial charge on any atom is 0.189 e. The topological polar surface area (TPSA) is 54.5 Å². The van der Waals surface area contributed by atoms with E-state index < -0.39 is 0 Å². The van der Waals surface area contributed by atoms with Crippen molar-refractivity contribution in [3.8, 4) is 0 Å². The van der Waals surface area contributed by atoms with Crippen molar-refractivity contribution < 1.29 is 0 Å². The lowest BCUT2D eigenvalue weighted by molar-refractivity contribution is 0.979. The molecule has 0 saturated carbocycles. The maximum absolute atomic E-state index is 5.04. The van der Waals surface area contributed by atoms with Gasteiger partial charge in [-0.05, 0) is 5.75 Å². The zero-order chi connectivity index (χ0) is 9.97. The number of aromatic amines is 1. The van der Waals surface area contributed by atoms with Gasteiger partial charge in [-0.1, -0.05) is 30.9 Å². The number of rotatable bonds is 2. The summed E-state index contributed by atoms with van der Waals surface area (Å²) in [6.45, 7) is 2.06. The summed E-state index contributed by atoms with van der Waals surface area (Å²) >= 11 is 6.64. The van der Waals surface area contributed by atoms with Crippen LogP contribution < -0.4 is 0 Å². The Hall–Kier alpha value is -1.01. The number of nitrogens with one attached hydrogen (secondary N) is 1. The predicted octanol–water partition coefficient (Wildman–Crippen LogP) is 2.19. The first-order valence-corrected chi connectivity index (χ1v) is 5.54. The SMILES string of the molecule is CCSc1ncc2c(=S)nc[nH]c2n1. The molecule has 2 rings (SSSR count). The first-order chi connectivity index (χ1) is 6.81. The Morgan fingerprint density at radius 2 is 2.36 bits per heavy atom. The second-order valence-corrected chi connectivity index (χ2v) is 4.17. The lowest BCUT2D eigenvalue weighted by Crippen LogP contribution is -1.92. The normalized spacial score (nSPS) is 10.6. The molecule has 0 saturated heterocycles. The van der Waals surface area contributed by atoms with Crippen molar-refractivity contribution in [2.75, 3.05) is 5.75 Å². The van der Waals surface area contributed by atoms with E-state index in [-0.39, 0.29) is 0 Å². The van der Waals surface area contributed by atoms with Crippen LogP contribution in [0.2, 0.25) is 0 Å². The largest absolute Gasteiger partial charge is 0.330 e. The minimum absolute atomic E-state index is 0.534. The van der Waals surface area contributed by atoms with E-state index in [0.29, 0.717) is 4.64 Å². The highest BCUT2D eigenvalue weighted by Crippen LogP contribution is 2.15. The van der Waals surface area contributed by atoms with Crippen LogP contribution in [-0.4, -0.2) is 25.7 Å². The third kappa shape index (κ3) is 1.76. The van der Waals surface area contributed by atoms with E-state index in [9.17, 15) is 0 Å². The van der Waals surface area contributed by atoms with Crippen LogP contribution in [0.3, 0.4) is 0 Å². The molecule has 2 aromatic heterocycles. The quantitative estimate of drug-likeness (QED) is 0.481. The second-order valence-electron chi connectivity index (χ2n) is 2.56. The van der Waals surface area contributed by atoms with E-state index in [1.807, 2.05) is 0 Å². The van der Waals surface area contributed by atoms with Crippen LogP contribution in [0.5, 0.6) is 0 Å². The Kier molecular flexibility index (Phi) is 2.74. The molecule has 2 aromatic rings. The highest BCUT2D eigenvalue weighted by Gasteiger charge is 2.00. The van der Waals surface area contributed by atoms with Crippen molar-refractivity contribution in [1.29, 1.82) is 0 Å². The van der Waals surface area contributed by atoms with Crippen molar-refractivity contribution in [3.63, 3.8) is 0 Å². The Bertz CT molecular complexity index is 508.